The maximum absolute atomic E-state index is 12.2. The summed E-state index contributed by atoms with van der Waals surface area (Å²) in [7, 11) is 1.82. The van der Waals surface area contributed by atoms with Gasteiger partial charge in [-0.25, -0.2) is 4.98 Å². The Morgan fingerprint density at radius 2 is 2.04 bits per heavy atom. The summed E-state index contributed by atoms with van der Waals surface area (Å²) in [6.45, 7) is 0.554. The number of benzene rings is 2. The van der Waals surface area contributed by atoms with Crippen LogP contribution < -0.4 is 10.6 Å². The molecule has 4 rings (SSSR count). The molecule has 0 aliphatic carbocycles. The highest BCUT2D eigenvalue weighted by molar-refractivity contribution is 6.03. The van der Waals surface area contributed by atoms with Crippen molar-refractivity contribution in [2.24, 2.45) is 7.05 Å². The van der Waals surface area contributed by atoms with Crippen molar-refractivity contribution in [3.05, 3.63) is 71.8 Å². The number of hydrogen-bond donors (Lipinski definition) is 2. The van der Waals surface area contributed by atoms with Crippen LogP contribution >= 0.6 is 0 Å². The van der Waals surface area contributed by atoms with Crippen LogP contribution in [0.1, 0.15) is 26.4 Å². The van der Waals surface area contributed by atoms with Crippen molar-refractivity contribution in [2.45, 2.75) is 6.54 Å². The van der Waals surface area contributed by atoms with Crippen molar-refractivity contribution in [2.75, 3.05) is 5.32 Å². The van der Waals surface area contributed by atoms with E-state index in [4.69, 9.17) is 0 Å². The molecule has 1 aromatic heterocycles. The summed E-state index contributed by atoms with van der Waals surface area (Å²) in [4.78, 5) is 27.9. The van der Waals surface area contributed by atoms with Crippen molar-refractivity contribution in [3.8, 4) is 11.1 Å². The van der Waals surface area contributed by atoms with Crippen LogP contribution in [0.5, 0.6) is 0 Å². The normalized spacial score (nSPS) is 12.6. The van der Waals surface area contributed by atoms with E-state index in [9.17, 15) is 9.59 Å². The van der Waals surface area contributed by atoms with E-state index in [0.29, 0.717) is 17.9 Å². The fraction of sp³-hybridized carbons (Fsp3) is 0.105. The van der Waals surface area contributed by atoms with Crippen molar-refractivity contribution in [1.82, 2.24) is 14.9 Å². The van der Waals surface area contributed by atoms with Crippen LogP contribution in [0.4, 0.5) is 5.69 Å². The van der Waals surface area contributed by atoms with Gasteiger partial charge in [0, 0.05) is 31.0 Å². The molecular weight excluding hydrogens is 316 g/mol. The van der Waals surface area contributed by atoms with E-state index in [0.717, 1.165) is 22.3 Å². The van der Waals surface area contributed by atoms with Crippen LogP contribution in [0.15, 0.2) is 55.0 Å². The van der Waals surface area contributed by atoms with Crippen LogP contribution in [0.2, 0.25) is 0 Å². The minimum atomic E-state index is -0.249. The summed E-state index contributed by atoms with van der Waals surface area (Å²) in [5, 5.41) is 5.68. The Hall–Kier alpha value is -3.41. The first-order valence-corrected chi connectivity index (χ1v) is 7.91. The van der Waals surface area contributed by atoms with E-state index in [1.807, 2.05) is 49.5 Å². The Bertz CT molecular complexity index is 991. The van der Waals surface area contributed by atoms with Gasteiger partial charge in [0.05, 0.1) is 6.33 Å². The highest BCUT2D eigenvalue weighted by Crippen LogP contribution is 2.27. The number of anilines is 1. The Kier molecular flexibility index (Phi) is 3.57. The van der Waals surface area contributed by atoms with Crippen molar-refractivity contribution < 1.29 is 9.59 Å². The number of amides is 2. The number of carbonyl (C=O) groups excluding carboxylic acids is 2. The second-order valence-corrected chi connectivity index (χ2v) is 6.01. The van der Waals surface area contributed by atoms with Gasteiger partial charge in [-0.15, -0.1) is 0 Å². The van der Waals surface area contributed by atoms with Crippen molar-refractivity contribution in [1.29, 1.82) is 0 Å². The monoisotopic (exact) mass is 332 g/mol. The van der Waals surface area contributed by atoms with Crippen molar-refractivity contribution >= 4 is 17.5 Å². The quantitative estimate of drug-likeness (QED) is 0.774. The van der Waals surface area contributed by atoms with Gasteiger partial charge in [0.15, 0.2) is 0 Å². The first kappa shape index (κ1) is 15.1. The van der Waals surface area contributed by atoms with E-state index in [2.05, 4.69) is 15.6 Å². The molecule has 0 unspecified atom stereocenters. The minimum Gasteiger partial charge on any atom is -0.348 e. The van der Waals surface area contributed by atoms with Crippen LogP contribution in [0.25, 0.3) is 11.1 Å². The van der Waals surface area contributed by atoms with Gasteiger partial charge in [-0.2, -0.15) is 0 Å². The lowest BCUT2D eigenvalue weighted by Gasteiger charge is -2.08. The molecule has 0 atom stereocenters. The Morgan fingerprint density at radius 1 is 1.20 bits per heavy atom. The molecule has 0 saturated heterocycles. The van der Waals surface area contributed by atoms with Gasteiger partial charge in [0.2, 0.25) is 0 Å². The van der Waals surface area contributed by atoms with Gasteiger partial charge in [-0.1, -0.05) is 18.2 Å². The number of nitrogens with zero attached hydrogens (tertiary/aromatic N) is 2. The van der Waals surface area contributed by atoms with Gasteiger partial charge in [-0.3, -0.25) is 9.59 Å². The van der Waals surface area contributed by atoms with E-state index in [1.54, 1.807) is 17.1 Å². The Morgan fingerprint density at radius 3 is 2.84 bits per heavy atom. The second kappa shape index (κ2) is 5.90. The smallest absolute Gasteiger partial charge is 0.275 e. The fourth-order valence-electron chi connectivity index (χ4n) is 2.91. The average Bonchev–Trinajstić information content (AvgIpc) is 3.21. The highest BCUT2D eigenvalue weighted by Gasteiger charge is 2.18. The third-order valence-electron chi connectivity index (χ3n) is 4.18. The topological polar surface area (TPSA) is 76.0 Å². The first-order chi connectivity index (χ1) is 12.1. The van der Waals surface area contributed by atoms with Crippen LogP contribution in [-0.4, -0.2) is 21.4 Å². The van der Waals surface area contributed by atoms with Crippen molar-refractivity contribution in [3.63, 3.8) is 0 Å². The molecule has 2 aromatic carbocycles. The summed E-state index contributed by atoms with van der Waals surface area (Å²) in [5.74, 6) is -0.278. The van der Waals surface area contributed by atoms with E-state index >= 15 is 0 Å². The lowest BCUT2D eigenvalue weighted by molar-refractivity contribution is 0.0964. The molecular formula is C19H16N4O2. The van der Waals surface area contributed by atoms with Gasteiger partial charge in [-0.05, 0) is 41.0 Å². The van der Waals surface area contributed by atoms with Crippen LogP contribution in [0.3, 0.4) is 0 Å². The lowest BCUT2D eigenvalue weighted by Crippen LogP contribution is -2.12. The lowest BCUT2D eigenvalue weighted by atomic mass is 10.00. The molecule has 6 nitrogen and oxygen atoms in total. The molecule has 6 heteroatoms. The number of fused-ring (bicyclic) bond motifs is 1. The molecule has 2 heterocycles. The van der Waals surface area contributed by atoms with E-state index in [1.165, 1.54) is 0 Å². The number of nitrogens with one attached hydrogen (secondary N) is 2. The van der Waals surface area contributed by atoms with Crippen LogP contribution in [0, 0.1) is 0 Å². The third-order valence-corrected chi connectivity index (χ3v) is 4.18. The molecule has 0 spiro atoms. The van der Waals surface area contributed by atoms with Gasteiger partial charge < -0.3 is 15.2 Å². The standard InChI is InChI=1S/C19H16N4O2/c1-23-10-17(21-11-23)19(25)22-15-4-2-3-12(8-15)13-5-6-16-14(7-13)9-20-18(16)24/h2-8,10-11H,9H2,1H3,(H,20,24)(H,22,25). The van der Waals surface area contributed by atoms with Gasteiger partial charge >= 0.3 is 0 Å². The molecule has 0 bridgehead atoms. The van der Waals surface area contributed by atoms with E-state index < -0.39 is 0 Å². The first-order valence-electron chi connectivity index (χ1n) is 7.91. The molecule has 124 valence electrons. The molecule has 25 heavy (non-hydrogen) atoms. The van der Waals surface area contributed by atoms with Gasteiger partial charge in [0.1, 0.15) is 5.69 Å². The molecule has 0 radical (unpaired) electrons. The predicted octanol–water partition coefficient (Wildman–Crippen LogP) is 2.58. The molecule has 0 saturated carbocycles. The minimum absolute atomic E-state index is 0.0297. The molecule has 1 aliphatic rings. The van der Waals surface area contributed by atoms with E-state index in [-0.39, 0.29) is 11.8 Å². The largest absolute Gasteiger partial charge is 0.348 e. The fourth-order valence-corrected chi connectivity index (χ4v) is 2.91. The summed E-state index contributed by atoms with van der Waals surface area (Å²) in [5.41, 5.74) is 4.76. The maximum Gasteiger partial charge on any atom is 0.275 e. The summed E-state index contributed by atoms with van der Waals surface area (Å²) < 4.78 is 1.73. The third kappa shape index (κ3) is 2.89. The van der Waals surface area contributed by atoms with Gasteiger partial charge in [0.25, 0.3) is 11.8 Å². The zero-order valence-corrected chi connectivity index (χ0v) is 13.6. The number of rotatable bonds is 3. The zero-order valence-electron chi connectivity index (χ0n) is 13.6. The molecule has 3 aromatic rings. The Labute approximate surface area is 144 Å². The molecule has 2 N–H and O–H groups in total. The predicted molar refractivity (Wildman–Crippen MR) is 94.2 cm³/mol. The maximum atomic E-state index is 12.2. The molecule has 1 aliphatic heterocycles. The van der Waals surface area contributed by atoms with Crippen LogP contribution in [-0.2, 0) is 13.6 Å². The number of aromatic nitrogens is 2. The zero-order chi connectivity index (χ0) is 17.4. The molecule has 2 amide bonds. The summed E-state index contributed by atoms with van der Waals surface area (Å²) in [6.07, 6.45) is 3.26. The number of imidazole rings is 1. The number of aryl methyl sites for hydroxylation is 1. The Balaban J connectivity index is 1.59. The summed E-state index contributed by atoms with van der Waals surface area (Å²) >= 11 is 0. The number of carbonyl (C=O) groups is 2. The summed E-state index contributed by atoms with van der Waals surface area (Å²) in [6, 6.07) is 13.4. The number of hydrogen-bond acceptors (Lipinski definition) is 3. The molecule has 0 fully saturated rings. The second-order valence-electron chi connectivity index (χ2n) is 6.01. The highest BCUT2D eigenvalue weighted by atomic mass is 16.2. The SMILES string of the molecule is Cn1cnc(C(=O)Nc2cccc(-c3ccc4c(c3)CNC4=O)c2)c1. The average molecular weight is 332 g/mol.